The minimum atomic E-state index is -0.515. The number of aryl methyl sites for hydroxylation is 1. The van der Waals surface area contributed by atoms with Crippen molar-refractivity contribution in [3.63, 3.8) is 0 Å². The molecule has 7 nitrogen and oxygen atoms in total. The van der Waals surface area contributed by atoms with Gasteiger partial charge in [-0.2, -0.15) is 0 Å². The van der Waals surface area contributed by atoms with Gasteiger partial charge < -0.3 is 19.1 Å². The van der Waals surface area contributed by atoms with Crippen LogP contribution in [0.25, 0.3) is 6.08 Å². The van der Waals surface area contributed by atoms with Crippen LogP contribution < -0.4 is 14.4 Å². The summed E-state index contributed by atoms with van der Waals surface area (Å²) in [7, 11) is 1.29. The Morgan fingerprint density at radius 2 is 1.89 bits per heavy atom. The van der Waals surface area contributed by atoms with Gasteiger partial charge in [0.15, 0.2) is 16.6 Å². The lowest BCUT2D eigenvalue weighted by molar-refractivity contribution is -0.140. The van der Waals surface area contributed by atoms with E-state index in [1.807, 2.05) is 31.2 Å². The molecule has 1 saturated heterocycles. The highest BCUT2D eigenvalue weighted by Gasteiger charge is 2.40. The lowest BCUT2D eigenvalue weighted by atomic mass is 10.1. The largest absolute Gasteiger partial charge is 0.490 e. The summed E-state index contributed by atoms with van der Waals surface area (Å²) in [5.74, 6) is 0.184. The molecule has 2 aromatic rings. The van der Waals surface area contributed by atoms with Crippen molar-refractivity contribution in [1.82, 2.24) is 4.90 Å². The van der Waals surface area contributed by atoms with E-state index in [1.54, 1.807) is 24.3 Å². The fourth-order valence-electron chi connectivity index (χ4n) is 3.51. The summed E-state index contributed by atoms with van der Waals surface area (Å²) >= 11 is 9.15. The Morgan fingerprint density at radius 1 is 1.17 bits per heavy atom. The van der Waals surface area contributed by atoms with Crippen molar-refractivity contribution in [3.05, 3.63) is 70.3 Å². The van der Waals surface area contributed by atoms with Gasteiger partial charge in [0.1, 0.15) is 18.8 Å². The molecule has 1 heterocycles. The van der Waals surface area contributed by atoms with Crippen molar-refractivity contribution in [2.45, 2.75) is 20.3 Å². The Kier molecular flexibility index (Phi) is 9.06. The zero-order valence-corrected chi connectivity index (χ0v) is 22.3. The molecule has 1 aliphatic rings. The van der Waals surface area contributed by atoms with Crippen LogP contribution in [0.5, 0.6) is 11.5 Å². The Labute approximate surface area is 219 Å². The lowest BCUT2D eigenvalue weighted by Gasteiger charge is -2.19. The number of halogens is 1. The molecule has 2 aromatic carbocycles. The van der Waals surface area contributed by atoms with Crippen LogP contribution in [-0.4, -0.2) is 48.8 Å². The molecule has 35 heavy (non-hydrogen) atoms. The highest BCUT2D eigenvalue weighted by atomic mass is 79.9. The molecule has 0 radical (unpaired) electrons. The molecule has 0 aromatic heterocycles. The number of esters is 1. The zero-order valence-electron chi connectivity index (χ0n) is 19.9. The third-order valence-electron chi connectivity index (χ3n) is 5.23. The van der Waals surface area contributed by atoms with Gasteiger partial charge in [-0.25, -0.2) is 0 Å². The zero-order chi connectivity index (χ0) is 25.5. The monoisotopic (exact) mass is 558 g/mol. The van der Waals surface area contributed by atoms with E-state index in [9.17, 15) is 9.59 Å². The number of nitrogens with zero attached hydrogens (tertiary/aromatic N) is 2. The predicted molar refractivity (Wildman–Crippen MR) is 144 cm³/mol. The minimum absolute atomic E-state index is 0.198. The summed E-state index contributed by atoms with van der Waals surface area (Å²) in [4.78, 5) is 28.6. The smallest absolute Gasteiger partial charge is 0.325 e. The van der Waals surface area contributed by atoms with Crippen LogP contribution in [0.2, 0.25) is 0 Å². The Bertz CT molecular complexity index is 1160. The van der Waals surface area contributed by atoms with Crippen molar-refractivity contribution in [2.24, 2.45) is 0 Å². The molecule has 0 N–H and O–H groups in total. The maximum absolute atomic E-state index is 13.6. The molecule has 1 aliphatic heterocycles. The number of hydrogen-bond donors (Lipinski definition) is 0. The Balaban J connectivity index is 2.07. The first-order chi connectivity index (χ1) is 16.8. The lowest BCUT2D eigenvalue weighted by Crippen LogP contribution is -2.35. The highest BCUT2D eigenvalue weighted by Crippen LogP contribution is 2.38. The topological polar surface area (TPSA) is 68.3 Å². The standard InChI is InChI=1S/C26H27BrN2O5S/c1-5-12-34-24-20(27)13-18(15-22(24)33-7-3)14-21-25(31)29(19-10-8-17(6-2)9-11-19)26(35)28(21)16-23(30)32-4/h5,8-11,13-15H,1,6-7,12,16H2,2-4H3/b21-14-. The molecule has 0 bridgehead atoms. The number of amides is 1. The van der Waals surface area contributed by atoms with Crippen LogP contribution in [-0.2, 0) is 20.7 Å². The van der Waals surface area contributed by atoms with Gasteiger partial charge in [0.25, 0.3) is 5.91 Å². The van der Waals surface area contributed by atoms with Crippen LogP contribution in [0.3, 0.4) is 0 Å². The number of methoxy groups -OCH3 is 1. The van der Waals surface area contributed by atoms with Crippen LogP contribution >= 0.6 is 28.1 Å². The molecular weight excluding hydrogens is 532 g/mol. The van der Waals surface area contributed by atoms with Gasteiger partial charge in [0, 0.05) is 0 Å². The average Bonchev–Trinajstić information content (AvgIpc) is 3.07. The van der Waals surface area contributed by atoms with E-state index in [-0.39, 0.29) is 23.3 Å². The highest BCUT2D eigenvalue weighted by molar-refractivity contribution is 9.10. The first-order valence-corrected chi connectivity index (χ1v) is 12.3. The summed E-state index contributed by atoms with van der Waals surface area (Å²) < 4.78 is 17.0. The number of benzene rings is 2. The molecular formula is C26H27BrN2O5S. The number of carbonyl (C=O) groups excluding carboxylic acids is 2. The number of anilines is 1. The van der Waals surface area contributed by atoms with E-state index in [4.69, 9.17) is 26.4 Å². The molecule has 0 spiro atoms. The van der Waals surface area contributed by atoms with Crippen LogP contribution in [0.1, 0.15) is 25.0 Å². The van der Waals surface area contributed by atoms with Gasteiger partial charge in [-0.15, -0.1) is 0 Å². The molecule has 0 atom stereocenters. The van der Waals surface area contributed by atoms with Crippen molar-refractivity contribution < 1.29 is 23.8 Å². The van der Waals surface area contributed by atoms with Crippen LogP contribution in [0, 0.1) is 0 Å². The molecule has 3 rings (SSSR count). The molecule has 1 amide bonds. The van der Waals surface area contributed by atoms with Crippen molar-refractivity contribution >= 4 is 56.9 Å². The second kappa shape index (κ2) is 12.0. The Morgan fingerprint density at radius 3 is 2.49 bits per heavy atom. The third-order valence-corrected chi connectivity index (χ3v) is 6.23. The van der Waals surface area contributed by atoms with Crippen molar-refractivity contribution in [2.75, 3.05) is 31.8 Å². The second-order valence-electron chi connectivity index (χ2n) is 7.50. The molecule has 9 heteroatoms. The molecule has 0 saturated carbocycles. The second-order valence-corrected chi connectivity index (χ2v) is 8.72. The Hall–Kier alpha value is -3.17. The summed E-state index contributed by atoms with van der Waals surface area (Å²) in [6.07, 6.45) is 4.19. The molecule has 0 unspecified atom stereocenters. The van der Waals surface area contributed by atoms with Gasteiger partial charge in [-0.05, 0) is 83.0 Å². The van der Waals surface area contributed by atoms with Gasteiger partial charge in [0.05, 0.1) is 23.9 Å². The number of carbonyl (C=O) groups is 2. The normalized spacial score (nSPS) is 14.5. The fraction of sp³-hybridized carbons (Fsp3) is 0.269. The van der Waals surface area contributed by atoms with Crippen LogP contribution in [0.4, 0.5) is 5.69 Å². The molecule has 0 aliphatic carbocycles. The summed E-state index contributed by atoms with van der Waals surface area (Å²) in [6, 6.07) is 11.2. The number of rotatable bonds is 10. The maximum Gasteiger partial charge on any atom is 0.325 e. The van der Waals surface area contributed by atoms with Gasteiger partial charge >= 0.3 is 5.97 Å². The predicted octanol–water partition coefficient (Wildman–Crippen LogP) is 5.12. The number of hydrogen-bond acceptors (Lipinski definition) is 6. The summed E-state index contributed by atoms with van der Waals surface area (Å²) in [5, 5.41) is 0.200. The number of ether oxygens (including phenoxy) is 3. The van der Waals surface area contributed by atoms with E-state index in [1.165, 1.54) is 16.9 Å². The van der Waals surface area contributed by atoms with Gasteiger partial charge in [0.2, 0.25) is 0 Å². The van der Waals surface area contributed by atoms with Gasteiger partial charge in [-0.3, -0.25) is 14.5 Å². The van der Waals surface area contributed by atoms with Crippen molar-refractivity contribution in [1.29, 1.82) is 0 Å². The van der Waals surface area contributed by atoms with E-state index in [0.29, 0.717) is 40.4 Å². The first-order valence-electron chi connectivity index (χ1n) is 11.1. The van der Waals surface area contributed by atoms with Gasteiger partial charge in [-0.1, -0.05) is 31.7 Å². The van der Waals surface area contributed by atoms with Crippen LogP contribution in [0.15, 0.2) is 59.2 Å². The summed E-state index contributed by atoms with van der Waals surface area (Å²) in [5.41, 5.74) is 2.67. The van der Waals surface area contributed by atoms with E-state index in [0.717, 1.165) is 12.0 Å². The first kappa shape index (κ1) is 26.4. The number of thiocarbonyl (C=S) groups is 1. The average molecular weight is 559 g/mol. The summed E-state index contributed by atoms with van der Waals surface area (Å²) in [6.45, 7) is 8.14. The third kappa shape index (κ3) is 5.91. The minimum Gasteiger partial charge on any atom is -0.490 e. The molecule has 184 valence electrons. The van der Waals surface area contributed by atoms with E-state index >= 15 is 0 Å². The van der Waals surface area contributed by atoms with Crippen molar-refractivity contribution in [3.8, 4) is 11.5 Å². The quantitative estimate of drug-likeness (QED) is 0.173. The van der Waals surface area contributed by atoms with E-state index < -0.39 is 5.97 Å². The SMILES string of the molecule is C=CCOc1c(Br)cc(/C=C2/C(=O)N(c3ccc(CC)cc3)C(=S)N2CC(=O)OC)cc1OCC. The molecule has 1 fully saturated rings. The fourth-order valence-corrected chi connectivity index (χ4v) is 4.43. The van der Waals surface area contributed by atoms with E-state index in [2.05, 4.69) is 29.4 Å². The maximum atomic E-state index is 13.6.